The Labute approximate surface area is 110 Å². The van der Waals surface area contributed by atoms with Crippen molar-refractivity contribution in [1.82, 2.24) is 10.3 Å². The summed E-state index contributed by atoms with van der Waals surface area (Å²) >= 11 is 0. The van der Waals surface area contributed by atoms with Gasteiger partial charge in [0.2, 0.25) is 5.91 Å². The molecule has 0 radical (unpaired) electrons. The number of halogens is 1. The molecule has 1 aromatic heterocycles. The average Bonchev–Trinajstić information content (AvgIpc) is 2.42. The van der Waals surface area contributed by atoms with E-state index in [0.717, 1.165) is 5.39 Å². The average molecular weight is 259 g/mol. The van der Waals surface area contributed by atoms with Crippen molar-refractivity contribution >= 4 is 22.9 Å². The predicted octanol–water partition coefficient (Wildman–Crippen LogP) is 1.46. The van der Waals surface area contributed by atoms with Crippen LogP contribution in [-0.4, -0.2) is 24.0 Å². The molecule has 0 aliphatic carbocycles. The van der Waals surface area contributed by atoms with Gasteiger partial charge in [0.15, 0.2) is 0 Å². The predicted molar refractivity (Wildman–Crippen MR) is 72.8 cm³/mol. The summed E-state index contributed by atoms with van der Waals surface area (Å²) in [6, 6.07) is 7.88. The first-order valence-electron chi connectivity index (χ1n) is 5.91. The molecule has 19 heavy (non-hydrogen) atoms. The zero-order valence-corrected chi connectivity index (χ0v) is 10.3. The van der Waals surface area contributed by atoms with E-state index >= 15 is 0 Å². The third-order valence-electron chi connectivity index (χ3n) is 2.52. The molecule has 1 amide bonds. The Morgan fingerprint density at radius 2 is 2.21 bits per heavy atom. The number of amides is 1. The van der Waals surface area contributed by atoms with Crippen molar-refractivity contribution < 1.29 is 9.18 Å². The van der Waals surface area contributed by atoms with Crippen LogP contribution in [-0.2, 0) is 4.79 Å². The minimum Gasteiger partial charge on any atom is -0.351 e. The van der Waals surface area contributed by atoms with Gasteiger partial charge in [0.25, 0.3) is 0 Å². The van der Waals surface area contributed by atoms with Gasteiger partial charge in [-0.2, -0.15) is 0 Å². The van der Waals surface area contributed by atoms with Crippen LogP contribution in [0.5, 0.6) is 0 Å². The summed E-state index contributed by atoms with van der Waals surface area (Å²) in [4.78, 5) is 15.7. The normalized spacial score (nSPS) is 11.1. The molecule has 0 atom stereocenters. The van der Waals surface area contributed by atoms with E-state index in [2.05, 4.69) is 10.3 Å². The van der Waals surface area contributed by atoms with Crippen LogP contribution in [0.1, 0.15) is 5.69 Å². The molecule has 0 saturated carbocycles. The van der Waals surface area contributed by atoms with Crippen molar-refractivity contribution in [2.45, 2.75) is 0 Å². The summed E-state index contributed by atoms with van der Waals surface area (Å²) < 4.78 is 13.0. The maximum atomic E-state index is 13.0. The van der Waals surface area contributed by atoms with Gasteiger partial charge in [0.1, 0.15) is 5.82 Å². The maximum Gasteiger partial charge on any atom is 0.244 e. The number of nitrogens with two attached hydrogens (primary N) is 1. The molecular weight excluding hydrogens is 245 g/mol. The molecule has 3 N–H and O–H groups in total. The SMILES string of the molecule is NCCNC(=O)/C=C/c1ccc2cc(F)ccc2n1. The Morgan fingerprint density at radius 1 is 1.37 bits per heavy atom. The molecule has 0 aliphatic heterocycles. The molecule has 1 aromatic carbocycles. The molecule has 0 spiro atoms. The van der Waals surface area contributed by atoms with E-state index in [9.17, 15) is 9.18 Å². The standard InChI is InChI=1S/C14H14FN3O/c15-11-2-5-13-10(9-11)1-3-12(18-13)4-6-14(19)17-8-7-16/h1-6,9H,7-8,16H2,(H,17,19)/b6-4+. The monoisotopic (exact) mass is 259 g/mol. The number of hydrogen-bond acceptors (Lipinski definition) is 3. The fourth-order valence-corrected chi connectivity index (χ4v) is 1.62. The Balaban J connectivity index is 2.15. The van der Waals surface area contributed by atoms with Crippen molar-refractivity contribution in [3.63, 3.8) is 0 Å². The van der Waals surface area contributed by atoms with Crippen LogP contribution in [0.15, 0.2) is 36.4 Å². The zero-order valence-electron chi connectivity index (χ0n) is 10.3. The first-order valence-corrected chi connectivity index (χ1v) is 5.91. The second-order valence-corrected chi connectivity index (χ2v) is 3.99. The van der Waals surface area contributed by atoms with Gasteiger partial charge in [-0.05, 0) is 30.3 Å². The number of hydrogen-bond donors (Lipinski definition) is 2. The van der Waals surface area contributed by atoms with Crippen LogP contribution < -0.4 is 11.1 Å². The number of fused-ring (bicyclic) bond motifs is 1. The highest BCUT2D eigenvalue weighted by Gasteiger charge is 1.99. The van der Waals surface area contributed by atoms with Gasteiger partial charge >= 0.3 is 0 Å². The Hall–Kier alpha value is -2.27. The van der Waals surface area contributed by atoms with Gasteiger partial charge in [-0.15, -0.1) is 0 Å². The van der Waals surface area contributed by atoms with Gasteiger partial charge in [-0.25, -0.2) is 9.37 Å². The lowest BCUT2D eigenvalue weighted by molar-refractivity contribution is -0.116. The van der Waals surface area contributed by atoms with Crippen molar-refractivity contribution in [3.8, 4) is 0 Å². The van der Waals surface area contributed by atoms with E-state index in [1.807, 2.05) is 0 Å². The van der Waals surface area contributed by atoms with Crippen LogP contribution >= 0.6 is 0 Å². The molecule has 2 aromatic rings. The highest BCUT2D eigenvalue weighted by atomic mass is 19.1. The summed E-state index contributed by atoms with van der Waals surface area (Å²) in [5, 5.41) is 3.35. The molecule has 0 saturated heterocycles. The fraction of sp³-hybridized carbons (Fsp3) is 0.143. The van der Waals surface area contributed by atoms with E-state index in [4.69, 9.17) is 5.73 Å². The topological polar surface area (TPSA) is 68.0 Å². The van der Waals surface area contributed by atoms with Gasteiger partial charge in [0.05, 0.1) is 11.2 Å². The third kappa shape index (κ3) is 3.59. The fourth-order valence-electron chi connectivity index (χ4n) is 1.62. The molecule has 5 heteroatoms. The molecular formula is C14H14FN3O. The van der Waals surface area contributed by atoms with Crippen molar-refractivity contribution in [3.05, 3.63) is 47.9 Å². The zero-order chi connectivity index (χ0) is 13.7. The minimum atomic E-state index is -0.293. The van der Waals surface area contributed by atoms with Crippen LogP contribution in [0.2, 0.25) is 0 Å². The number of rotatable bonds is 4. The Bertz CT molecular complexity index is 625. The number of pyridine rings is 1. The summed E-state index contributed by atoms with van der Waals surface area (Å²) in [7, 11) is 0. The highest BCUT2D eigenvalue weighted by molar-refractivity contribution is 5.91. The number of benzene rings is 1. The van der Waals surface area contributed by atoms with E-state index < -0.39 is 0 Å². The van der Waals surface area contributed by atoms with Gasteiger partial charge in [0, 0.05) is 24.6 Å². The minimum absolute atomic E-state index is 0.216. The molecule has 4 nitrogen and oxygen atoms in total. The molecule has 0 aliphatic rings. The van der Waals surface area contributed by atoms with Crippen molar-refractivity contribution in [2.24, 2.45) is 5.73 Å². The Morgan fingerprint density at radius 3 is 3.00 bits per heavy atom. The lowest BCUT2D eigenvalue weighted by Gasteiger charge is -2.00. The summed E-state index contributed by atoms with van der Waals surface area (Å²) in [5.74, 6) is -0.509. The van der Waals surface area contributed by atoms with Crippen LogP contribution in [0.3, 0.4) is 0 Å². The van der Waals surface area contributed by atoms with E-state index in [0.29, 0.717) is 24.3 Å². The maximum absolute atomic E-state index is 13.0. The molecule has 0 bridgehead atoms. The number of nitrogens with one attached hydrogen (secondary N) is 1. The molecule has 98 valence electrons. The number of aromatic nitrogens is 1. The lowest BCUT2D eigenvalue weighted by atomic mass is 10.2. The number of nitrogens with zero attached hydrogens (tertiary/aromatic N) is 1. The summed E-state index contributed by atoms with van der Waals surface area (Å²) in [5.41, 5.74) is 6.60. The molecule has 0 unspecified atom stereocenters. The molecule has 0 fully saturated rings. The summed E-state index contributed by atoms with van der Waals surface area (Å²) in [6.45, 7) is 0.840. The van der Waals surface area contributed by atoms with Crippen LogP contribution in [0.25, 0.3) is 17.0 Å². The first-order chi connectivity index (χ1) is 9.19. The van der Waals surface area contributed by atoms with Gasteiger partial charge in [-0.1, -0.05) is 6.07 Å². The van der Waals surface area contributed by atoms with E-state index in [1.165, 1.54) is 18.2 Å². The quantitative estimate of drug-likeness (QED) is 0.817. The highest BCUT2D eigenvalue weighted by Crippen LogP contribution is 2.14. The van der Waals surface area contributed by atoms with Gasteiger partial charge in [-0.3, -0.25) is 4.79 Å². The first kappa shape index (κ1) is 13.2. The molecule has 1 heterocycles. The van der Waals surface area contributed by atoms with Crippen molar-refractivity contribution in [1.29, 1.82) is 0 Å². The Kier molecular flexibility index (Phi) is 4.20. The number of carbonyl (C=O) groups is 1. The second kappa shape index (κ2) is 6.06. The van der Waals surface area contributed by atoms with Crippen LogP contribution in [0, 0.1) is 5.82 Å². The largest absolute Gasteiger partial charge is 0.351 e. The van der Waals surface area contributed by atoms with E-state index in [-0.39, 0.29) is 11.7 Å². The van der Waals surface area contributed by atoms with Crippen molar-refractivity contribution in [2.75, 3.05) is 13.1 Å². The number of carbonyl (C=O) groups excluding carboxylic acids is 1. The summed E-state index contributed by atoms with van der Waals surface area (Å²) in [6.07, 6.45) is 3.00. The van der Waals surface area contributed by atoms with E-state index in [1.54, 1.807) is 24.3 Å². The third-order valence-corrected chi connectivity index (χ3v) is 2.52. The lowest BCUT2D eigenvalue weighted by Crippen LogP contribution is -2.27. The molecule has 2 rings (SSSR count). The second-order valence-electron chi connectivity index (χ2n) is 3.99. The van der Waals surface area contributed by atoms with Crippen LogP contribution in [0.4, 0.5) is 4.39 Å². The van der Waals surface area contributed by atoms with Gasteiger partial charge < -0.3 is 11.1 Å². The smallest absolute Gasteiger partial charge is 0.244 e.